The first-order valence-corrected chi connectivity index (χ1v) is 11.5. The normalized spacial score (nSPS) is 11.6. The first-order chi connectivity index (χ1) is 17.0. The van der Waals surface area contributed by atoms with Crippen LogP contribution in [0.3, 0.4) is 0 Å². The lowest BCUT2D eigenvalue weighted by molar-refractivity contribution is -0.119. The zero-order chi connectivity index (χ0) is 24.8. The number of carbonyl (C=O) groups is 2. The summed E-state index contributed by atoms with van der Waals surface area (Å²) in [6, 6.07) is 23.0. The molecule has 7 nitrogen and oxygen atoms in total. The monoisotopic (exact) mass is 469 g/mol. The van der Waals surface area contributed by atoms with Crippen molar-refractivity contribution in [3.8, 4) is 11.1 Å². The second-order valence-corrected chi connectivity index (χ2v) is 8.23. The largest absolute Gasteiger partial charge is 0.462 e. The molecule has 4 rings (SSSR count). The Morgan fingerprint density at radius 1 is 0.943 bits per heavy atom. The predicted molar refractivity (Wildman–Crippen MR) is 139 cm³/mol. The summed E-state index contributed by atoms with van der Waals surface area (Å²) in [4.78, 5) is 40.4. The molecule has 0 aliphatic rings. The molecule has 0 saturated heterocycles. The van der Waals surface area contributed by atoms with Gasteiger partial charge in [-0.25, -0.2) is 4.79 Å². The van der Waals surface area contributed by atoms with E-state index in [9.17, 15) is 14.4 Å². The van der Waals surface area contributed by atoms with Crippen LogP contribution in [-0.2, 0) is 9.53 Å². The number of aromatic amines is 1. The van der Waals surface area contributed by atoms with Crippen LogP contribution in [0.25, 0.3) is 22.0 Å². The molecule has 3 N–H and O–H groups in total. The van der Waals surface area contributed by atoms with Crippen molar-refractivity contribution >= 4 is 34.2 Å². The molecule has 3 aromatic carbocycles. The summed E-state index contributed by atoms with van der Waals surface area (Å²) in [6.45, 7) is 4.07. The van der Waals surface area contributed by atoms with Gasteiger partial charge in [0.1, 0.15) is 5.56 Å². The van der Waals surface area contributed by atoms with Crippen LogP contribution in [-0.4, -0.2) is 30.0 Å². The molecular formula is C28H27N3O4. The lowest BCUT2D eigenvalue weighted by Gasteiger charge is -2.15. The fourth-order valence-corrected chi connectivity index (χ4v) is 3.69. The van der Waals surface area contributed by atoms with Crippen molar-refractivity contribution in [2.45, 2.75) is 13.8 Å². The molecule has 1 aromatic heterocycles. The van der Waals surface area contributed by atoms with Gasteiger partial charge in [-0.05, 0) is 48.4 Å². The van der Waals surface area contributed by atoms with Crippen LogP contribution in [0.15, 0.2) is 83.8 Å². The van der Waals surface area contributed by atoms with Crippen LogP contribution in [0.5, 0.6) is 0 Å². The molecule has 1 amide bonds. The molecule has 0 fully saturated rings. The van der Waals surface area contributed by atoms with E-state index in [0.29, 0.717) is 23.1 Å². The fourth-order valence-electron chi connectivity index (χ4n) is 3.69. The number of hydrogen-bond acceptors (Lipinski definition) is 5. The molecular weight excluding hydrogens is 442 g/mol. The van der Waals surface area contributed by atoms with Crippen molar-refractivity contribution in [3.05, 3.63) is 94.8 Å². The fraction of sp³-hybridized carbons (Fsp3) is 0.179. The number of amides is 1. The lowest BCUT2D eigenvalue weighted by atomic mass is 10.1. The number of fused-ring (bicyclic) bond motifs is 1. The van der Waals surface area contributed by atoms with Crippen molar-refractivity contribution in [3.63, 3.8) is 0 Å². The Morgan fingerprint density at radius 3 is 2.34 bits per heavy atom. The number of aromatic nitrogens is 1. The highest BCUT2D eigenvalue weighted by Gasteiger charge is 2.16. The minimum atomic E-state index is -0.656. The smallest absolute Gasteiger partial charge is 0.343 e. The zero-order valence-corrected chi connectivity index (χ0v) is 19.6. The van der Waals surface area contributed by atoms with E-state index >= 15 is 0 Å². The predicted octanol–water partition coefficient (Wildman–Crippen LogP) is 5.06. The van der Waals surface area contributed by atoms with E-state index in [2.05, 4.69) is 15.6 Å². The summed E-state index contributed by atoms with van der Waals surface area (Å²) < 4.78 is 4.95. The molecule has 0 radical (unpaired) electrons. The van der Waals surface area contributed by atoms with E-state index in [1.807, 2.05) is 67.6 Å². The second kappa shape index (κ2) is 10.7. The number of esters is 1. The first kappa shape index (κ1) is 23.8. The average molecular weight is 470 g/mol. The number of nitrogens with one attached hydrogen (secondary N) is 3. The Balaban J connectivity index is 1.39. The van der Waals surface area contributed by atoms with Gasteiger partial charge >= 0.3 is 5.97 Å². The standard InChI is InChI=1S/C28H27N3O4/c1-3-35-28(34)24-17-30-25-14-13-22(15-23(25)26(24)32)29-16-18(2)27(33)31-21-11-9-20(10-12-21)19-7-5-4-6-8-19/h4-15,17-18,29H,3,16H2,1-2H3,(H,30,32)(H,31,33)/t18-/m0/s1. The van der Waals surface area contributed by atoms with Crippen molar-refractivity contribution in [2.75, 3.05) is 23.8 Å². The number of pyridine rings is 1. The molecule has 1 atom stereocenters. The summed E-state index contributed by atoms with van der Waals surface area (Å²) in [7, 11) is 0. The van der Waals surface area contributed by atoms with Gasteiger partial charge in [0, 0.05) is 35.0 Å². The molecule has 35 heavy (non-hydrogen) atoms. The number of anilines is 2. The van der Waals surface area contributed by atoms with E-state index in [1.54, 1.807) is 19.1 Å². The van der Waals surface area contributed by atoms with Gasteiger partial charge < -0.3 is 20.4 Å². The summed E-state index contributed by atoms with van der Waals surface area (Å²) in [5.41, 5.74) is 3.77. The number of H-pyrrole nitrogens is 1. The number of hydrogen-bond donors (Lipinski definition) is 3. The Hall–Kier alpha value is -4.39. The highest BCUT2D eigenvalue weighted by Crippen LogP contribution is 2.21. The maximum absolute atomic E-state index is 12.7. The van der Waals surface area contributed by atoms with Gasteiger partial charge in [-0.1, -0.05) is 49.4 Å². The Labute approximate surface area is 203 Å². The molecule has 0 bridgehead atoms. The van der Waals surface area contributed by atoms with Gasteiger partial charge in [-0.2, -0.15) is 0 Å². The van der Waals surface area contributed by atoms with Gasteiger partial charge in [0.15, 0.2) is 0 Å². The van der Waals surface area contributed by atoms with Crippen molar-refractivity contribution in [1.29, 1.82) is 0 Å². The van der Waals surface area contributed by atoms with E-state index in [0.717, 1.165) is 16.8 Å². The molecule has 4 aromatic rings. The first-order valence-electron chi connectivity index (χ1n) is 11.5. The number of ether oxygens (including phenoxy) is 1. The van der Waals surface area contributed by atoms with Gasteiger partial charge in [0.2, 0.25) is 11.3 Å². The third-order valence-corrected chi connectivity index (χ3v) is 5.70. The van der Waals surface area contributed by atoms with Gasteiger partial charge in [0.25, 0.3) is 0 Å². The molecule has 0 aliphatic carbocycles. The van der Waals surface area contributed by atoms with Crippen molar-refractivity contribution in [2.24, 2.45) is 5.92 Å². The van der Waals surface area contributed by atoms with E-state index in [-0.39, 0.29) is 24.0 Å². The van der Waals surface area contributed by atoms with E-state index in [4.69, 9.17) is 4.74 Å². The van der Waals surface area contributed by atoms with Crippen LogP contribution in [0, 0.1) is 5.92 Å². The third kappa shape index (κ3) is 5.58. The lowest BCUT2D eigenvalue weighted by Crippen LogP contribution is -2.26. The van der Waals surface area contributed by atoms with Gasteiger partial charge in [0.05, 0.1) is 12.5 Å². The van der Waals surface area contributed by atoms with Gasteiger partial charge in [-0.3, -0.25) is 9.59 Å². The molecule has 0 saturated carbocycles. The second-order valence-electron chi connectivity index (χ2n) is 8.23. The summed E-state index contributed by atoms with van der Waals surface area (Å²) in [5, 5.41) is 6.52. The number of carbonyl (C=O) groups excluding carboxylic acids is 2. The highest BCUT2D eigenvalue weighted by molar-refractivity contribution is 5.95. The minimum absolute atomic E-state index is 0.0393. The Bertz CT molecular complexity index is 1400. The SMILES string of the molecule is CCOC(=O)c1c[nH]c2ccc(NC[C@H](C)C(=O)Nc3ccc(-c4ccccc4)cc3)cc2c1=O. The third-order valence-electron chi connectivity index (χ3n) is 5.70. The number of benzene rings is 3. The summed E-state index contributed by atoms with van der Waals surface area (Å²) in [5.74, 6) is -1.10. The van der Waals surface area contributed by atoms with Crippen LogP contribution in [0.4, 0.5) is 11.4 Å². The average Bonchev–Trinajstić information content (AvgIpc) is 2.88. The maximum atomic E-state index is 12.7. The van der Waals surface area contributed by atoms with Crippen LogP contribution >= 0.6 is 0 Å². The van der Waals surface area contributed by atoms with Gasteiger partial charge in [-0.15, -0.1) is 0 Å². The number of rotatable bonds is 8. The van der Waals surface area contributed by atoms with Crippen LogP contribution in [0.1, 0.15) is 24.2 Å². The zero-order valence-electron chi connectivity index (χ0n) is 19.6. The molecule has 0 aliphatic heterocycles. The van der Waals surface area contributed by atoms with Crippen LogP contribution in [0.2, 0.25) is 0 Å². The quantitative estimate of drug-likeness (QED) is 0.313. The summed E-state index contributed by atoms with van der Waals surface area (Å²) >= 11 is 0. The maximum Gasteiger partial charge on any atom is 0.343 e. The Kier molecular flexibility index (Phi) is 7.26. The van der Waals surface area contributed by atoms with Crippen molar-refractivity contribution < 1.29 is 14.3 Å². The molecule has 0 spiro atoms. The molecule has 178 valence electrons. The van der Waals surface area contributed by atoms with E-state index < -0.39 is 11.4 Å². The Morgan fingerprint density at radius 2 is 1.63 bits per heavy atom. The van der Waals surface area contributed by atoms with E-state index in [1.165, 1.54) is 6.20 Å². The molecule has 1 heterocycles. The highest BCUT2D eigenvalue weighted by atomic mass is 16.5. The molecule has 0 unspecified atom stereocenters. The van der Waals surface area contributed by atoms with Crippen LogP contribution < -0.4 is 16.1 Å². The van der Waals surface area contributed by atoms with Crippen molar-refractivity contribution in [1.82, 2.24) is 4.98 Å². The minimum Gasteiger partial charge on any atom is -0.462 e. The molecule has 7 heteroatoms. The summed E-state index contributed by atoms with van der Waals surface area (Å²) in [6.07, 6.45) is 1.37. The topological polar surface area (TPSA) is 100 Å².